The maximum absolute atomic E-state index is 6.07. The lowest BCUT2D eigenvalue weighted by atomic mass is 9.96. The van der Waals surface area contributed by atoms with Crippen molar-refractivity contribution in [3.8, 4) is 5.75 Å². The van der Waals surface area contributed by atoms with Crippen LogP contribution in [0.3, 0.4) is 0 Å². The second-order valence-electron chi connectivity index (χ2n) is 6.48. The van der Waals surface area contributed by atoms with Crippen molar-refractivity contribution in [3.63, 3.8) is 0 Å². The number of rotatable bonds is 4. The van der Waals surface area contributed by atoms with Crippen molar-refractivity contribution in [2.24, 2.45) is 10.7 Å². The number of nitrogens with two attached hydrogens (primary N) is 1. The molecule has 3 rings (SSSR count). The zero-order chi connectivity index (χ0) is 14.9. The number of hydrogen-bond donors (Lipinski definition) is 2. The van der Waals surface area contributed by atoms with Crippen molar-refractivity contribution in [1.82, 2.24) is 5.32 Å². The minimum absolute atomic E-state index is 0. The first kappa shape index (κ1) is 17.4. The van der Waals surface area contributed by atoms with E-state index in [1.54, 1.807) is 7.11 Å². The summed E-state index contributed by atoms with van der Waals surface area (Å²) in [4.78, 5) is 4.68. The third-order valence-corrected chi connectivity index (χ3v) is 4.92. The van der Waals surface area contributed by atoms with Crippen molar-refractivity contribution < 1.29 is 4.74 Å². The molecule has 2 fully saturated rings. The molecule has 0 aliphatic heterocycles. The highest BCUT2D eigenvalue weighted by atomic mass is 127. The normalized spacial score (nSPS) is 28.1. The topological polar surface area (TPSA) is 59.6 Å². The van der Waals surface area contributed by atoms with Gasteiger partial charge in [-0.2, -0.15) is 0 Å². The van der Waals surface area contributed by atoms with Crippen LogP contribution in [0.1, 0.15) is 44.6 Å². The minimum atomic E-state index is 0. The van der Waals surface area contributed by atoms with Gasteiger partial charge in [0.25, 0.3) is 0 Å². The van der Waals surface area contributed by atoms with Crippen molar-refractivity contribution in [2.75, 3.05) is 7.11 Å². The third-order valence-electron chi connectivity index (χ3n) is 4.92. The van der Waals surface area contributed by atoms with Crippen molar-refractivity contribution in [1.29, 1.82) is 0 Å². The van der Waals surface area contributed by atoms with E-state index < -0.39 is 0 Å². The number of methoxy groups -OCH3 is 1. The van der Waals surface area contributed by atoms with E-state index >= 15 is 0 Å². The number of halogens is 1. The zero-order valence-corrected chi connectivity index (χ0v) is 15.7. The van der Waals surface area contributed by atoms with Crippen molar-refractivity contribution >= 4 is 29.9 Å². The summed E-state index contributed by atoms with van der Waals surface area (Å²) in [5.74, 6) is 1.55. The zero-order valence-electron chi connectivity index (χ0n) is 13.3. The highest BCUT2D eigenvalue weighted by Gasteiger charge is 2.53. The second kappa shape index (κ2) is 7.06. The summed E-state index contributed by atoms with van der Waals surface area (Å²) < 4.78 is 5.48. The quantitative estimate of drug-likeness (QED) is 0.451. The summed E-state index contributed by atoms with van der Waals surface area (Å²) >= 11 is 0. The molecule has 5 heteroatoms. The van der Waals surface area contributed by atoms with Gasteiger partial charge in [0.2, 0.25) is 0 Å². The van der Waals surface area contributed by atoms with Gasteiger partial charge in [0.05, 0.1) is 13.2 Å². The minimum Gasteiger partial charge on any atom is -0.496 e. The van der Waals surface area contributed by atoms with E-state index in [1.165, 1.54) is 31.2 Å². The fraction of sp³-hybridized carbons (Fsp3) is 0.588. The largest absolute Gasteiger partial charge is 0.496 e. The molecule has 2 aliphatic rings. The van der Waals surface area contributed by atoms with E-state index in [4.69, 9.17) is 10.5 Å². The van der Waals surface area contributed by atoms with E-state index in [0.29, 0.717) is 12.0 Å². The average molecular weight is 415 g/mol. The van der Waals surface area contributed by atoms with Crippen LogP contribution >= 0.6 is 24.0 Å². The lowest BCUT2D eigenvalue weighted by Crippen LogP contribution is -2.39. The molecule has 0 amide bonds. The molecule has 2 aliphatic carbocycles. The number of benzene rings is 1. The number of guanidine groups is 1. The third kappa shape index (κ3) is 3.50. The monoisotopic (exact) mass is 415 g/mol. The number of nitrogens with zero attached hydrogens (tertiary/aromatic N) is 1. The summed E-state index contributed by atoms with van der Waals surface area (Å²) in [5.41, 5.74) is 7.35. The Morgan fingerprint density at radius 2 is 2.00 bits per heavy atom. The van der Waals surface area contributed by atoms with Crippen molar-refractivity contribution in [3.05, 3.63) is 29.8 Å². The number of ether oxygens (including phenoxy) is 1. The molecule has 0 aromatic heterocycles. The Morgan fingerprint density at radius 3 is 2.68 bits per heavy atom. The average Bonchev–Trinajstić information content (AvgIpc) is 2.89. The van der Waals surface area contributed by atoms with Gasteiger partial charge in [0, 0.05) is 17.0 Å². The summed E-state index contributed by atoms with van der Waals surface area (Å²) in [6.07, 6.45) is 6.05. The number of para-hydroxylation sites is 1. The Bertz CT molecular complexity index is 542. The standard InChI is InChI=1S/C17H25N3O.HI/c1-17(13-9-5-6-10-14(13)21-2)11-15(17)20-16(18)19-12-7-3-4-8-12;/h5-6,9-10,12,15H,3-4,7-8,11H2,1-2H3,(H3,18,19,20);1H. The van der Waals surface area contributed by atoms with Gasteiger partial charge >= 0.3 is 0 Å². The molecule has 3 N–H and O–H groups in total. The molecule has 1 aromatic carbocycles. The Morgan fingerprint density at radius 1 is 1.32 bits per heavy atom. The Balaban J connectivity index is 0.00000176. The van der Waals surface area contributed by atoms with Gasteiger partial charge in [0.15, 0.2) is 5.96 Å². The molecular weight excluding hydrogens is 389 g/mol. The fourth-order valence-electron chi connectivity index (χ4n) is 3.42. The fourth-order valence-corrected chi connectivity index (χ4v) is 3.42. The Labute approximate surface area is 149 Å². The molecule has 0 radical (unpaired) electrons. The van der Waals surface area contributed by atoms with Gasteiger partial charge in [-0.05, 0) is 25.3 Å². The van der Waals surface area contributed by atoms with Crippen molar-refractivity contribution in [2.45, 2.75) is 56.5 Å². The molecule has 2 unspecified atom stereocenters. The van der Waals surface area contributed by atoms with Gasteiger partial charge in [-0.1, -0.05) is 38.0 Å². The van der Waals surface area contributed by atoms with Crippen LogP contribution in [0.15, 0.2) is 29.3 Å². The predicted octanol–water partition coefficient (Wildman–Crippen LogP) is 3.19. The van der Waals surface area contributed by atoms with E-state index in [1.807, 2.05) is 12.1 Å². The van der Waals surface area contributed by atoms with Crippen LogP contribution in [0, 0.1) is 0 Å². The summed E-state index contributed by atoms with van der Waals surface area (Å²) in [6.45, 7) is 2.24. The highest BCUT2D eigenvalue weighted by Crippen LogP contribution is 2.52. The molecule has 0 spiro atoms. The van der Waals surface area contributed by atoms with Crippen LogP contribution in [-0.2, 0) is 5.41 Å². The van der Waals surface area contributed by atoms with Gasteiger partial charge in [0.1, 0.15) is 5.75 Å². The smallest absolute Gasteiger partial charge is 0.189 e. The first-order chi connectivity index (χ1) is 10.1. The van der Waals surface area contributed by atoms with Crippen LogP contribution in [0.25, 0.3) is 0 Å². The molecule has 122 valence electrons. The first-order valence-electron chi connectivity index (χ1n) is 7.87. The summed E-state index contributed by atoms with van der Waals surface area (Å²) in [5, 5.41) is 3.36. The molecule has 1 aromatic rings. The van der Waals surface area contributed by atoms with Gasteiger partial charge < -0.3 is 15.8 Å². The van der Waals surface area contributed by atoms with E-state index in [9.17, 15) is 0 Å². The molecule has 2 saturated carbocycles. The van der Waals surface area contributed by atoms with E-state index in [2.05, 4.69) is 29.4 Å². The van der Waals surface area contributed by atoms with E-state index in [0.717, 1.165) is 12.2 Å². The molecule has 22 heavy (non-hydrogen) atoms. The lowest BCUT2D eigenvalue weighted by molar-refractivity contribution is 0.405. The molecule has 0 heterocycles. The number of hydrogen-bond acceptors (Lipinski definition) is 2. The predicted molar refractivity (Wildman–Crippen MR) is 101 cm³/mol. The van der Waals surface area contributed by atoms with E-state index in [-0.39, 0.29) is 35.4 Å². The molecular formula is C17H26IN3O. The van der Waals surface area contributed by atoms with Crippen LogP contribution in [0.5, 0.6) is 5.75 Å². The molecule has 4 nitrogen and oxygen atoms in total. The molecule has 2 atom stereocenters. The molecule has 0 bridgehead atoms. The van der Waals surface area contributed by atoms with Crippen LogP contribution in [0.4, 0.5) is 0 Å². The highest BCUT2D eigenvalue weighted by molar-refractivity contribution is 14.0. The number of nitrogens with one attached hydrogen (secondary N) is 1. The van der Waals surface area contributed by atoms with Gasteiger partial charge in [-0.25, -0.2) is 4.99 Å². The van der Waals surface area contributed by atoms with Crippen LogP contribution in [-0.4, -0.2) is 25.2 Å². The van der Waals surface area contributed by atoms with Crippen LogP contribution in [0.2, 0.25) is 0 Å². The Hall–Kier alpha value is -0.980. The summed E-state index contributed by atoms with van der Waals surface area (Å²) in [7, 11) is 1.72. The molecule has 0 saturated heterocycles. The Kier molecular flexibility index (Phi) is 5.58. The maximum atomic E-state index is 6.07. The second-order valence-corrected chi connectivity index (χ2v) is 6.48. The SMILES string of the molecule is COc1ccccc1C1(C)CC1N=C(N)NC1CCCC1.I. The maximum Gasteiger partial charge on any atom is 0.189 e. The number of aliphatic imine (C=N–C) groups is 1. The summed E-state index contributed by atoms with van der Waals surface area (Å²) in [6, 6.07) is 8.98. The van der Waals surface area contributed by atoms with Crippen LogP contribution < -0.4 is 15.8 Å². The van der Waals surface area contributed by atoms with Gasteiger partial charge in [-0.3, -0.25) is 0 Å². The lowest BCUT2D eigenvalue weighted by Gasteiger charge is -2.16. The first-order valence-corrected chi connectivity index (χ1v) is 7.87. The van der Waals surface area contributed by atoms with Gasteiger partial charge in [-0.15, -0.1) is 24.0 Å².